The predicted molar refractivity (Wildman–Crippen MR) is 63.5 cm³/mol. The van der Waals surface area contributed by atoms with Gasteiger partial charge >= 0.3 is 0 Å². The monoisotopic (exact) mass is 277 g/mol. The Hall–Kier alpha value is 0.360. The van der Waals surface area contributed by atoms with Gasteiger partial charge in [0.2, 0.25) is 0 Å². The van der Waals surface area contributed by atoms with Crippen molar-refractivity contribution in [2.45, 2.75) is 38.0 Å². The molecule has 0 aliphatic carbocycles. The van der Waals surface area contributed by atoms with Gasteiger partial charge in [0.1, 0.15) is 0 Å². The fourth-order valence-electron chi connectivity index (χ4n) is 2.27. The van der Waals surface area contributed by atoms with Crippen LogP contribution in [0.1, 0.15) is 19.8 Å². The second kappa shape index (κ2) is 5.62. The lowest BCUT2D eigenvalue weighted by molar-refractivity contribution is -0.0614. The van der Waals surface area contributed by atoms with Crippen LogP contribution in [0.2, 0.25) is 0 Å². The molecule has 88 valence electrons. The summed E-state index contributed by atoms with van der Waals surface area (Å²) in [6.07, 6.45) is 3.26. The van der Waals surface area contributed by atoms with Crippen LogP contribution in [0.25, 0.3) is 0 Å². The van der Waals surface area contributed by atoms with Gasteiger partial charge in [0.15, 0.2) is 0 Å². The van der Waals surface area contributed by atoms with Crippen LogP contribution in [0.4, 0.5) is 0 Å². The van der Waals surface area contributed by atoms with Gasteiger partial charge in [-0.2, -0.15) is 0 Å². The SMILES string of the molecule is CC1COC(CBr)CN1CC1CCCO1. The number of morpholine rings is 1. The van der Waals surface area contributed by atoms with Crippen LogP contribution in [0.3, 0.4) is 0 Å². The summed E-state index contributed by atoms with van der Waals surface area (Å²) >= 11 is 3.49. The van der Waals surface area contributed by atoms with E-state index in [0.29, 0.717) is 18.2 Å². The minimum absolute atomic E-state index is 0.350. The summed E-state index contributed by atoms with van der Waals surface area (Å²) in [7, 11) is 0. The number of nitrogens with zero attached hydrogens (tertiary/aromatic N) is 1. The lowest BCUT2D eigenvalue weighted by Gasteiger charge is -2.38. The molecule has 2 rings (SSSR count). The van der Waals surface area contributed by atoms with Crippen LogP contribution in [-0.4, -0.2) is 54.8 Å². The molecule has 0 aromatic carbocycles. The maximum absolute atomic E-state index is 5.70. The van der Waals surface area contributed by atoms with Crippen molar-refractivity contribution in [1.82, 2.24) is 4.90 Å². The van der Waals surface area contributed by atoms with E-state index in [1.807, 2.05) is 0 Å². The predicted octanol–water partition coefficient (Wildman–Crippen LogP) is 1.65. The molecule has 0 bridgehead atoms. The van der Waals surface area contributed by atoms with Crippen molar-refractivity contribution in [3.8, 4) is 0 Å². The fourth-order valence-corrected chi connectivity index (χ4v) is 2.66. The molecule has 0 amide bonds. The molecule has 0 aromatic heterocycles. The number of rotatable bonds is 3. The van der Waals surface area contributed by atoms with Crippen molar-refractivity contribution in [2.75, 3.05) is 31.6 Å². The summed E-state index contributed by atoms with van der Waals surface area (Å²) in [5.41, 5.74) is 0. The topological polar surface area (TPSA) is 21.7 Å². The number of halogens is 1. The third kappa shape index (κ3) is 3.16. The van der Waals surface area contributed by atoms with Crippen molar-refractivity contribution in [1.29, 1.82) is 0 Å². The molecule has 3 unspecified atom stereocenters. The number of hydrogen-bond donors (Lipinski definition) is 0. The van der Waals surface area contributed by atoms with E-state index in [2.05, 4.69) is 27.8 Å². The Kier molecular flexibility index (Phi) is 4.43. The third-order valence-electron chi connectivity index (χ3n) is 3.27. The second-order valence-corrected chi connectivity index (χ2v) is 5.20. The Balaban J connectivity index is 1.82. The van der Waals surface area contributed by atoms with Crippen LogP contribution in [0.5, 0.6) is 0 Å². The molecule has 2 aliphatic rings. The Bertz CT molecular complexity index is 197. The van der Waals surface area contributed by atoms with Gasteiger partial charge in [-0.1, -0.05) is 15.9 Å². The van der Waals surface area contributed by atoms with Gasteiger partial charge in [0.25, 0.3) is 0 Å². The summed E-state index contributed by atoms with van der Waals surface area (Å²) in [6.45, 7) is 6.15. The first kappa shape index (κ1) is 11.8. The van der Waals surface area contributed by atoms with Crippen molar-refractivity contribution in [2.24, 2.45) is 0 Å². The Morgan fingerprint density at radius 2 is 2.20 bits per heavy atom. The zero-order valence-electron chi connectivity index (χ0n) is 9.32. The van der Waals surface area contributed by atoms with E-state index in [1.54, 1.807) is 0 Å². The molecule has 2 aliphatic heterocycles. The van der Waals surface area contributed by atoms with E-state index in [1.165, 1.54) is 12.8 Å². The third-order valence-corrected chi connectivity index (χ3v) is 3.99. The molecule has 4 heteroatoms. The van der Waals surface area contributed by atoms with Gasteiger partial charge < -0.3 is 9.47 Å². The van der Waals surface area contributed by atoms with Gasteiger partial charge in [-0.3, -0.25) is 4.90 Å². The van der Waals surface area contributed by atoms with Gasteiger partial charge in [-0.15, -0.1) is 0 Å². The molecule has 2 fully saturated rings. The first-order chi connectivity index (χ1) is 7.29. The summed E-state index contributed by atoms with van der Waals surface area (Å²) in [5, 5.41) is 0.932. The molecular weight excluding hydrogens is 258 g/mol. The maximum atomic E-state index is 5.70. The Labute approximate surface area is 100 Å². The minimum atomic E-state index is 0.350. The van der Waals surface area contributed by atoms with Crippen LogP contribution < -0.4 is 0 Å². The molecule has 0 aromatic rings. The molecule has 3 atom stereocenters. The second-order valence-electron chi connectivity index (χ2n) is 4.55. The summed E-state index contributed by atoms with van der Waals surface area (Å²) < 4.78 is 11.4. The molecule has 0 saturated carbocycles. The van der Waals surface area contributed by atoms with Crippen molar-refractivity contribution in [3.05, 3.63) is 0 Å². The van der Waals surface area contributed by atoms with Crippen LogP contribution in [0.15, 0.2) is 0 Å². The van der Waals surface area contributed by atoms with Crippen LogP contribution >= 0.6 is 15.9 Å². The summed E-state index contributed by atoms with van der Waals surface area (Å²) in [4.78, 5) is 2.51. The van der Waals surface area contributed by atoms with Gasteiger partial charge in [-0.25, -0.2) is 0 Å². The van der Waals surface area contributed by atoms with E-state index >= 15 is 0 Å². The number of ether oxygens (including phenoxy) is 2. The summed E-state index contributed by atoms with van der Waals surface area (Å²) in [6, 6.07) is 0.532. The molecule has 2 heterocycles. The normalized spacial score (nSPS) is 38.4. The molecule has 0 N–H and O–H groups in total. The average Bonchev–Trinajstić information content (AvgIpc) is 2.74. The van der Waals surface area contributed by atoms with E-state index < -0.39 is 0 Å². The van der Waals surface area contributed by atoms with Gasteiger partial charge in [0.05, 0.1) is 18.8 Å². The minimum Gasteiger partial charge on any atom is -0.377 e. The number of hydrogen-bond acceptors (Lipinski definition) is 3. The van der Waals surface area contributed by atoms with Crippen molar-refractivity contribution >= 4 is 15.9 Å². The van der Waals surface area contributed by atoms with Gasteiger partial charge in [0, 0.05) is 31.1 Å². The zero-order chi connectivity index (χ0) is 10.7. The van der Waals surface area contributed by atoms with Crippen LogP contribution in [-0.2, 0) is 9.47 Å². The van der Waals surface area contributed by atoms with Crippen LogP contribution in [0, 0.1) is 0 Å². The van der Waals surface area contributed by atoms with Gasteiger partial charge in [-0.05, 0) is 19.8 Å². The Morgan fingerprint density at radius 3 is 2.87 bits per heavy atom. The highest BCUT2D eigenvalue weighted by molar-refractivity contribution is 9.09. The highest BCUT2D eigenvalue weighted by Gasteiger charge is 2.28. The average molecular weight is 278 g/mol. The largest absolute Gasteiger partial charge is 0.377 e. The standard InChI is InChI=1S/C11H20BrNO2/c1-9-8-15-11(5-12)7-13(9)6-10-3-2-4-14-10/h9-11H,2-8H2,1H3. The summed E-state index contributed by atoms with van der Waals surface area (Å²) in [5.74, 6) is 0. The van der Waals surface area contributed by atoms with Crippen molar-refractivity contribution < 1.29 is 9.47 Å². The van der Waals surface area contributed by atoms with Crippen molar-refractivity contribution in [3.63, 3.8) is 0 Å². The molecule has 0 spiro atoms. The zero-order valence-corrected chi connectivity index (χ0v) is 10.9. The lowest BCUT2D eigenvalue weighted by Crippen LogP contribution is -2.51. The fraction of sp³-hybridized carbons (Fsp3) is 1.00. The molecule has 3 nitrogen and oxygen atoms in total. The lowest BCUT2D eigenvalue weighted by atomic mass is 10.1. The maximum Gasteiger partial charge on any atom is 0.0799 e. The quantitative estimate of drug-likeness (QED) is 0.733. The molecule has 2 saturated heterocycles. The molecule has 0 radical (unpaired) electrons. The highest BCUT2D eigenvalue weighted by Crippen LogP contribution is 2.18. The smallest absolute Gasteiger partial charge is 0.0799 e. The van der Waals surface area contributed by atoms with E-state index in [0.717, 1.165) is 31.6 Å². The Morgan fingerprint density at radius 1 is 1.33 bits per heavy atom. The molecular formula is C11H20BrNO2. The first-order valence-electron chi connectivity index (χ1n) is 5.83. The first-order valence-corrected chi connectivity index (χ1v) is 6.95. The molecule has 15 heavy (non-hydrogen) atoms. The van der Waals surface area contributed by atoms with E-state index in [-0.39, 0.29) is 0 Å². The van der Waals surface area contributed by atoms with E-state index in [4.69, 9.17) is 9.47 Å². The number of alkyl halides is 1. The van der Waals surface area contributed by atoms with E-state index in [9.17, 15) is 0 Å². The highest BCUT2D eigenvalue weighted by atomic mass is 79.9.